The molecule has 8 aliphatic heterocycles. The van der Waals surface area contributed by atoms with Crippen molar-refractivity contribution in [3.63, 3.8) is 0 Å². The van der Waals surface area contributed by atoms with E-state index >= 15 is 0 Å². The van der Waals surface area contributed by atoms with E-state index in [2.05, 4.69) is 20.1 Å². The fraction of sp³-hybridized carbons (Fsp3) is 0.881. The topological polar surface area (TPSA) is 141 Å². The summed E-state index contributed by atoms with van der Waals surface area (Å²) in [5, 5.41) is 20.1. The summed E-state index contributed by atoms with van der Waals surface area (Å²) in [4.78, 5) is 14.1. The normalized spacial score (nSPS) is 49.2. The Kier molecular flexibility index (Phi) is 12.1. The van der Waals surface area contributed by atoms with E-state index in [0.717, 1.165) is 62.5 Å². The predicted octanol–water partition coefficient (Wildman–Crippen LogP) is 4.50. The zero-order valence-electron chi connectivity index (χ0n) is 32.5. The van der Waals surface area contributed by atoms with Crippen LogP contribution in [0, 0.1) is 11.8 Å². The Bertz CT molecular complexity index is 1360. The van der Waals surface area contributed by atoms with Crippen LogP contribution in [-0.4, -0.2) is 134 Å². The highest BCUT2D eigenvalue weighted by Gasteiger charge is 2.58. The van der Waals surface area contributed by atoms with E-state index in [1.54, 1.807) is 14.2 Å². The summed E-state index contributed by atoms with van der Waals surface area (Å²) in [5.41, 5.74) is 2.17. The number of methoxy groups -OCH3 is 2. The third-order valence-corrected chi connectivity index (χ3v) is 14.1. The van der Waals surface area contributed by atoms with Crippen LogP contribution < -0.4 is 0 Å². The highest BCUT2D eigenvalue weighted by atomic mass is 16.7. The first-order valence-electron chi connectivity index (χ1n) is 20.9. The summed E-state index contributed by atoms with van der Waals surface area (Å²) in [5.74, 6) is -0.753. The minimum atomic E-state index is -0.951. The van der Waals surface area contributed by atoms with Crippen molar-refractivity contribution >= 4 is 5.78 Å². The molecule has 304 valence electrons. The second kappa shape index (κ2) is 16.5. The smallest absolute Gasteiger partial charge is 0.172 e. The molecule has 8 heterocycles. The van der Waals surface area contributed by atoms with Crippen LogP contribution in [0.2, 0.25) is 0 Å². The predicted molar refractivity (Wildman–Crippen MR) is 196 cm³/mol. The summed E-state index contributed by atoms with van der Waals surface area (Å²) in [7, 11) is 3.38. The van der Waals surface area contributed by atoms with Crippen molar-refractivity contribution < 1.29 is 57.6 Å². The molecule has 8 aliphatic rings. The third kappa shape index (κ3) is 8.06. The molecule has 0 amide bonds. The van der Waals surface area contributed by atoms with Crippen molar-refractivity contribution in [3.8, 4) is 0 Å². The Balaban J connectivity index is 1.07. The summed E-state index contributed by atoms with van der Waals surface area (Å²) in [6.45, 7) is 10.7. The highest BCUT2D eigenvalue weighted by molar-refractivity contribution is 5.79. The molecule has 8 saturated heterocycles. The number of ketones is 1. The number of ether oxygens (including phenoxy) is 9. The van der Waals surface area contributed by atoms with E-state index in [1.807, 2.05) is 0 Å². The van der Waals surface area contributed by atoms with E-state index < -0.39 is 24.1 Å². The molecule has 0 aromatic heterocycles. The van der Waals surface area contributed by atoms with Crippen molar-refractivity contribution in [2.45, 2.75) is 201 Å². The van der Waals surface area contributed by atoms with Crippen molar-refractivity contribution in [1.82, 2.24) is 0 Å². The van der Waals surface area contributed by atoms with E-state index in [-0.39, 0.29) is 117 Å². The van der Waals surface area contributed by atoms with Gasteiger partial charge in [-0.3, -0.25) is 4.79 Å². The molecule has 3 unspecified atom stereocenters. The lowest BCUT2D eigenvalue weighted by atomic mass is 9.81. The lowest BCUT2D eigenvalue weighted by Gasteiger charge is -2.41. The molecule has 10 bridgehead atoms. The van der Waals surface area contributed by atoms with Gasteiger partial charge in [-0.05, 0) is 74.9 Å². The van der Waals surface area contributed by atoms with Gasteiger partial charge in [0.15, 0.2) is 5.79 Å². The molecule has 54 heavy (non-hydrogen) atoms. The van der Waals surface area contributed by atoms with Crippen LogP contribution in [-0.2, 0) is 47.4 Å². The molecule has 18 atom stereocenters. The maximum absolute atomic E-state index is 14.1. The van der Waals surface area contributed by atoms with E-state index in [0.29, 0.717) is 25.7 Å². The Labute approximate surface area is 320 Å². The number of carbonyl (C=O) groups is 1. The van der Waals surface area contributed by atoms with Crippen LogP contribution in [0.15, 0.2) is 24.3 Å². The molecule has 0 radical (unpaired) electrons. The minimum Gasteiger partial charge on any atom is -0.394 e. The maximum atomic E-state index is 14.1. The van der Waals surface area contributed by atoms with Crippen molar-refractivity contribution in [1.29, 1.82) is 0 Å². The molecule has 0 aliphatic carbocycles. The number of aliphatic hydroxyl groups is 2. The largest absolute Gasteiger partial charge is 0.394 e. The molecule has 0 aromatic carbocycles. The average molecular weight is 761 g/mol. The lowest BCUT2D eigenvalue weighted by Crippen LogP contribution is -2.50. The summed E-state index contributed by atoms with van der Waals surface area (Å²) >= 11 is 0. The summed E-state index contributed by atoms with van der Waals surface area (Å²) in [6.07, 6.45) is 5.85. The molecule has 2 N–H and O–H groups in total. The third-order valence-electron chi connectivity index (χ3n) is 14.1. The van der Waals surface area contributed by atoms with Gasteiger partial charge in [-0.15, -0.1) is 0 Å². The second-order valence-corrected chi connectivity index (χ2v) is 17.7. The Morgan fingerprint density at radius 1 is 0.778 bits per heavy atom. The number of hydrogen-bond donors (Lipinski definition) is 2. The van der Waals surface area contributed by atoms with Gasteiger partial charge in [0.2, 0.25) is 0 Å². The summed E-state index contributed by atoms with van der Waals surface area (Å²) < 4.78 is 59.8. The first-order valence-corrected chi connectivity index (χ1v) is 20.9. The minimum absolute atomic E-state index is 0.0225. The zero-order valence-corrected chi connectivity index (χ0v) is 32.5. The summed E-state index contributed by atoms with van der Waals surface area (Å²) in [6, 6.07) is 0. The molecule has 0 aromatic rings. The van der Waals surface area contributed by atoms with Gasteiger partial charge >= 0.3 is 0 Å². The number of aliphatic hydroxyl groups excluding tert-OH is 2. The van der Waals surface area contributed by atoms with Crippen molar-refractivity contribution in [3.05, 3.63) is 24.3 Å². The fourth-order valence-electron chi connectivity index (χ4n) is 11.2. The van der Waals surface area contributed by atoms with Gasteiger partial charge in [0.25, 0.3) is 0 Å². The van der Waals surface area contributed by atoms with Gasteiger partial charge in [-0.25, -0.2) is 0 Å². The highest BCUT2D eigenvalue weighted by Crippen LogP contribution is 2.49. The average Bonchev–Trinajstić information content (AvgIpc) is 3.78. The Hall–Kier alpha value is -1.29. The first kappa shape index (κ1) is 39.5. The van der Waals surface area contributed by atoms with E-state index in [9.17, 15) is 15.0 Å². The molecule has 8 fully saturated rings. The molecule has 0 saturated carbocycles. The number of rotatable bonds is 5. The van der Waals surface area contributed by atoms with Gasteiger partial charge in [-0.2, -0.15) is 0 Å². The maximum Gasteiger partial charge on any atom is 0.172 e. The number of carbonyl (C=O) groups excluding carboxylic acids is 1. The van der Waals surface area contributed by atoms with Gasteiger partial charge in [0.05, 0.1) is 86.0 Å². The molecular weight excluding hydrogens is 696 g/mol. The number of hydrogen-bond acceptors (Lipinski definition) is 12. The first-order chi connectivity index (χ1) is 26.0. The molecule has 12 heteroatoms. The van der Waals surface area contributed by atoms with Gasteiger partial charge in [0.1, 0.15) is 18.0 Å². The quantitative estimate of drug-likeness (QED) is 0.382. The number of Topliss-reactive ketones (excluding diaryl/α,β-unsaturated/α-hetero) is 1. The molecule has 1 spiro atoms. The van der Waals surface area contributed by atoms with Crippen LogP contribution in [0.1, 0.15) is 103 Å². The van der Waals surface area contributed by atoms with Gasteiger partial charge < -0.3 is 52.8 Å². The molecule has 12 nitrogen and oxygen atoms in total. The lowest BCUT2D eigenvalue weighted by molar-refractivity contribution is -0.282. The number of fused-ring (bicyclic) bond motifs is 10. The SMILES string of the molecule is C=C1C[C@@H]2CC[C@]34C[C@@H](OC)[C@H](O3)[C@H]3CC[C@@H](O4)[C@H]4O[C@H](CC[C@@H]4O3)CC(=O)C[C@H]3[C@H](CC4O[C@@H](CCC1O2)C[C@@H](C)C4=C)OC(C[C@H](O)CO)[C@@H]3OC. The monoisotopic (exact) mass is 760 g/mol. The molecular formula is C42H64O12. The zero-order chi connectivity index (χ0) is 37.7. The van der Waals surface area contributed by atoms with Crippen LogP contribution in [0.25, 0.3) is 0 Å². The van der Waals surface area contributed by atoms with Crippen molar-refractivity contribution in [2.75, 3.05) is 20.8 Å². The standard InChI is InChI=1S/C42H64O12/c1-22-14-27-6-8-31-23(2)15-29(48-31)12-13-42-20-38(46-4)41(54-42)33-10-11-34(53-42)40-32(51-33)9-7-28(50-40)16-25(44)17-30-36(19-35(49-27)24(22)3)52-37(39(30)47-5)18-26(45)21-43/h22,26-41,43,45H,2-3,6-21H2,1,4-5H3/t22-,26+,27+,28-,29+,30+,31?,32+,33-,34-,35?,36+,37?,38-,39-,40+,41-,42-/m1/s1. The van der Waals surface area contributed by atoms with Crippen molar-refractivity contribution in [2.24, 2.45) is 11.8 Å². The van der Waals surface area contributed by atoms with Crippen LogP contribution in [0.5, 0.6) is 0 Å². The second-order valence-electron chi connectivity index (χ2n) is 17.7. The molecule has 8 rings (SSSR count). The van der Waals surface area contributed by atoms with E-state index in [1.165, 1.54) is 0 Å². The fourth-order valence-corrected chi connectivity index (χ4v) is 11.2. The van der Waals surface area contributed by atoms with Crippen LogP contribution in [0.3, 0.4) is 0 Å². The van der Waals surface area contributed by atoms with Crippen LogP contribution >= 0.6 is 0 Å². The Morgan fingerprint density at radius 2 is 1.52 bits per heavy atom. The van der Waals surface area contributed by atoms with Gasteiger partial charge in [0, 0.05) is 58.7 Å². The van der Waals surface area contributed by atoms with Crippen LogP contribution in [0.4, 0.5) is 0 Å². The Morgan fingerprint density at radius 3 is 2.31 bits per heavy atom. The van der Waals surface area contributed by atoms with E-state index in [4.69, 9.17) is 42.6 Å². The van der Waals surface area contributed by atoms with Gasteiger partial charge in [-0.1, -0.05) is 20.1 Å².